The van der Waals surface area contributed by atoms with E-state index in [9.17, 15) is 9.59 Å². The highest BCUT2D eigenvalue weighted by molar-refractivity contribution is 7.13. The summed E-state index contributed by atoms with van der Waals surface area (Å²) in [5.41, 5.74) is 1.46. The molecule has 1 saturated heterocycles. The third-order valence-electron chi connectivity index (χ3n) is 4.85. The number of nitrogens with zero attached hydrogens (tertiary/aromatic N) is 2. The number of anilines is 1. The number of hydrogen-bond acceptors (Lipinski definition) is 4. The summed E-state index contributed by atoms with van der Waals surface area (Å²) in [4.78, 5) is 30.6. The largest absolute Gasteiger partial charge is 0.338 e. The average Bonchev–Trinajstić information content (AvgIpc) is 3.15. The Bertz CT molecular complexity index is 615. The summed E-state index contributed by atoms with van der Waals surface area (Å²) in [6, 6.07) is -0.0526. The number of allylic oxidation sites excluding steroid dienone is 1. The van der Waals surface area contributed by atoms with Crippen LogP contribution in [0.5, 0.6) is 0 Å². The normalized spacial score (nSPS) is 20.7. The van der Waals surface area contributed by atoms with Crippen LogP contribution in [0.3, 0.4) is 0 Å². The van der Waals surface area contributed by atoms with Gasteiger partial charge in [0.1, 0.15) is 0 Å². The lowest BCUT2D eigenvalue weighted by atomic mass is 9.97. The van der Waals surface area contributed by atoms with E-state index in [2.05, 4.69) is 21.7 Å². The third kappa shape index (κ3) is 5.29. The second kappa shape index (κ2) is 8.99. The molecule has 1 fully saturated rings. The van der Waals surface area contributed by atoms with Gasteiger partial charge in [-0.15, -0.1) is 11.3 Å². The van der Waals surface area contributed by atoms with Crippen LogP contribution in [0.15, 0.2) is 23.2 Å². The maximum atomic E-state index is 12.4. The average molecular weight is 362 g/mol. The molecule has 6 nitrogen and oxygen atoms in total. The molecule has 0 saturated carbocycles. The van der Waals surface area contributed by atoms with Gasteiger partial charge < -0.3 is 15.5 Å². The maximum absolute atomic E-state index is 12.4. The van der Waals surface area contributed by atoms with Crippen molar-refractivity contribution in [2.75, 3.05) is 25.0 Å². The lowest BCUT2D eigenvalue weighted by Crippen LogP contribution is -2.48. The first kappa shape index (κ1) is 17.9. The van der Waals surface area contributed by atoms with E-state index in [1.807, 2.05) is 5.38 Å². The van der Waals surface area contributed by atoms with Gasteiger partial charge in [0.25, 0.3) is 0 Å². The quantitative estimate of drug-likeness (QED) is 0.789. The lowest BCUT2D eigenvalue weighted by Gasteiger charge is -2.32. The number of carbonyl (C=O) groups is 2. The van der Waals surface area contributed by atoms with E-state index in [0.29, 0.717) is 18.2 Å². The van der Waals surface area contributed by atoms with Crippen LogP contribution in [0.1, 0.15) is 44.9 Å². The molecule has 1 aromatic rings. The first-order chi connectivity index (χ1) is 12.2. The van der Waals surface area contributed by atoms with Gasteiger partial charge in [-0.05, 0) is 44.9 Å². The number of rotatable bonds is 5. The fourth-order valence-electron chi connectivity index (χ4n) is 3.44. The molecule has 0 unspecified atom stereocenters. The lowest BCUT2D eigenvalue weighted by molar-refractivity contribution is -0.121. The van der Waals surface area contributed by atoms with E-state index in [1.54, 1.807) is 11.1 Å². The smallest absolute Gasteiger partial charge is 0.317 e. The molecule has 1 aliphatic carbocycles. The van der Waals surface area contributed by atoms with E-state index < -0.39 is 0 Å². The fraction of sp³-hybridized carbons (Fsp3) is 0.611. The van der Waals surface area contributed by atoms with Gasteiger partial charge in [-0.3, -0.25) is 4.79 Å². The summed E-state index contributed by atoms with van der Waals surface area (Å²) < 4.78 is 0. The molecule has 136 valence electrons. The molecule has 0 aromatic carbocycles. The van der Waals surface area contributed by atoms with Gasteiger partial charge in [-0.25, -0.2) is 9.78 Å². The zero-order chi connectivity index (χ0) is 17.5. The standard InChI is InChI=1S/C18H26N4O2S/c23-16(21-17-19-10-12-25-17)15-7-4-11-22(13-15)18(24)20-9-8-14-5-2-1-3-6-14/h5,10,12,15H,1-4,6-9,11,13H2,(H,20,24)(H,19,21,23)/t15-/m1/s1. The highest BCUT2D eigenvalue weighted by Gasteiger charge is 2.28. The summed E-state index contributed by atoms with van der Waals surface area (Å²) in [6.07, 6.45) is 11.5. The van der Waals surface area contributed by atoms with Crippen LogP contribution in [-0.4, -0.2) is 41.5 Å². The minimum atomic E-state index is -0.163. The van der Waals surface area contributed by atoms with Crippen molar-refractivity contribution in [3.63, 3.8) is 0 Å². The van der Waals surface area contributed by atoms with Crippen LogP contribution in [0.2, 0.25) is 0 Å². The predicted molar refractivity (Wildman–Crippen MR) is 99.6 cm³/mol. The molecule has 1 aromatic heterocycles. The van der Waals surface area contributed by atoms with Crippen molar-refractivity contribution in [3.05, 3.63) is 23.2 Å². The number of carbonyl (C=O) groups excluding carboxylic acids is 2. The van der Waals surface area contributed by atoms with Crippen molar-refractivity contribution in [3.8, 4) is 0 Å². The molecule has 2 aliphatic rings. The number of urea groups is 1. The molecule has 1 aliphatic heterocycles. The van der Waals surface area contributed by atoms with Crippen LogP contribution < -0.4 is 10.6 Å². The van der Waals surface area contributed by atoms with E-state index >= 15 is 0 Å². The number of amides is 3. The minimum absolute atomic E-state index is 0.0418. The molecule has 1 atom stereocenters. The Morgan fingerprint density at radius 2 is 2.24 bits per heavy atom. The summed E-state index contributed by atoms with van der Waals surface area (Å²) in [5.74, 6) is -0.204. The number of piperidine rings is 1. The topological polar surface area (TPSA) is 74.3 Å². The summed E-state index contributed by atoms with van der Waals surface area (Å²) >= 11 is 1.41. The second-order valence-electron chi connectivity index (χ2n) is 6.70. The number of hydrogen-bond donors (Lipinski definition) is 2. The molecule has 3 rings (SSSR count). The van der Waals surface area contributed by atoms with Gasteiger partial charge in [-0.1, -0.05) is 11.6 Å². The Balaban J connectivity index is 1.43. The van der Waals surface area contributed by atoms with E-state index in [1.165, 1.54) is 42.6 Å². The van der Waals surface area contributed by atoms with Crippen LogP contribution in [0, 0.1) is 5.92 Å². The van der Waals surface area contributed by atoms with E-state index in [4.69, 9.17) is 0 Å². The Morgan fingerprint density at radius 3 is 3.00 bits per heavy atom. The Morgan fingerprint density at radius 1 is 1.32 bits per heavy atom. The van der Waals surface area contributed by atoms with Gasteiger partial charge in [0.2, 0.25) is 5.91 Å². The fourth-order valence-corrected chi connectivity index (χ4v) is 3.97. The van der Waals surface area contributed by atoms with E-state index in [0.717, 1.165) is 25.8 Å². The van der Waals surface area contributed by atoms with Gasteiger partial charge in [0.15, 0.2) is 5.13 Å². The van der Waals surface area contributed by atoms with Crippen LogP contribution >= 0.6 is 11.3 Å². The number of nitrogens with one attached hydrogen (secondary N) is 2. The molecule has 0 spiro atoms. The first-order valence-electron chi connectivity index (χ1n) is 9.13. The summed E-state index contributed by atoms with van der Waals surface area (Å²) in [6.45, 7) is 1.87. The Hall–Kier alpha value is -1.89. The van der Waals surface area contributed by atoms with Crippen LogP contribution in [0.25, 0.3) is 0 Å². The highest BCUT2D eigenvalue weighted by atomic mass is 32.1. The first-order valence-corrected chi connectivity index (χ1v) is 10.0. The zero-order valence-corrected chi connectivity index (χ0v) is 15.3. The number of likely N-dealkylation sites (tertiary alicyclic amines) is 1. The van der Waals surface area contributed by atoms with Gasteiger partial charge >= 0.3 is 6.03 Å². The molecule has 0 radical (unpaired) electrons. The Labute approximate surface area is 152 Å². The van der Waals surface area contributed by atoms with Crippen molar-refractivity contribution >= 4 is 28.4 Å². The molecule has 2 N–H and O–H groups in total. The van der Waals surface area contributed by atoms with Crippen molar-refractivity contribution in [2.24, 2.45) is 5.92 Å². The van der Waals surface area contributed by atoms with Crippen molar-refractivity contribution in [1.29, 1.82) is 0 Å². The van der Waals surface area contributed by atoms with Gasteiger partial charge in [0, 0.05) is 31.2 Å². The minimum Gasteiger partial charge on any atom is -0.338 e. The van der Waals surface area contributed by atoms with Crippen molar-refractivity contribution < 1.29 is 9.59 Å². The summed E-state index contributed by atoms with van der Waals surface area (Å²) in [5, 5.41) is 8.30. The molecule has 7 heteroatoms. The number of aromatic nitrogens is 1. The molecule has 3 amide bonds. The molecule has 2 heterocycles. The van der Waals surface area contributed by atoms with E-state index in [-0.39, 0.29) is 17.9 Å². The second-order valence-corrected chi connectivity index (χ2v) is 7.60. The summed E-state index contributed by atoms with van der Waals surface area (Å²) in [7, 11) is 0. The third-order valence-corrected chi connectivity index (χ3v) is 5.54. The molecule has 25 heavy (non-hydrogen) atoms. The van der Waals surface area contributed by atoms with Crippen LogP contribution in [-0.2, 0) is 4.79 Å². The molecular formula is C18H26N4O2S. The van der Waals surface area contributed by atoms with Gasteiger partial charge in [0.05, 0.1) is 5.92 Å². The Kier molecular flexibility index (Phi) is 6.44. The number of thiazole rings is 1. The monoisotopic (exact) mass is 362 g/mol. The van der Waals surface area contributed by atoms with Gasteiger partial charge in [-0.2, -0.15) is 0 Å². The molecule has 0 bridgehead atoms. The van der Waals surface area contributed by atoms with Crippen LogP contribution in [0.4, 0.5) is 9.93 Å². The maximum Gasteiger partial charge on any atom is 0.317 e. The molecular weight excluding hydrogens is 336 g/mol. The predicted octanol–water partition coefficient (Wildman–Crippen LogP) is 3.39. The SMILES string of the molecule is O=C(Nc1nccs1)[C@@H]1CCCN(C(=O)NCCC2=CCCCC2)C1. The zero-order valence-electron chi connectivity index (χ0n) is 14.5. The van der Waals surface area contributed by atoms with Crippen molar-refractivity contribution in [2.45, 2.75) is 44.9 Å². The van der Waals surface area contributed by atoms with Crippen molar-refractivity contribution in [1.82, 2.24) is 15.2 Å². The highest BCUT2D eigenvalue weighted by Crippen LogP contribution is 2.21.